The monoisotopic (exact) mass is 358 g/mol. The van der Waals surface area contributed by atoms with Gasteiger partial charge in [-0.1, -0.05) is 41.6 Å². The highest BCUT2D eigenvalue weighted by molar-refractivity contribution is 7.89. The zero-order valence-corrected chi connectivity index (χ0v) is 14.8. The summed E-state index contributed by atoms with van der Waals surface area (Å²) in [4.78, 5) is 4.19. The summed E-state index contributed by atoms with van der Waals surface area (Å²) < 4.78 is 35.1. The highest BCUT2D eigenvalue weighted by Gasteiger charge is 2.19. The third kappa shape index (κ3) is 4.24. The van der Waals surface area contributed by atoms with Crippen molar-refractivity contribution in [2.45, 2.75) is 18.4 Å². The summed E-state index contributed by atoms with van der Waals surface area (Å²) >= 11 is 0. The van der Waals surface area contributed by atoms with Gasteiger partial charge in [0.15, 0.2) is 9.84 Å². The van der Waals surface area contributed by atoms with Crippen LogP contribution in [0.5, 0.6) is 5.75 Å². The van der Waals surface area contributed by atoms with Crippen molar-refractivity contribution in [1.29, 1.82) is 0 Å². The van der Waals surface area contributed by atoms with E-state index in [1.807, 2.05) is 31.2 Å². The molecule has 3 aromatic rings. The van der Waals surface area contributed by atoms with E-state index in [0.717, 1.165) is 11.1 Å². The van der Waals surface area contributed by atoms with E-state index in [0.29, 0.717) is 17.1 Å². The maximum atomic E-state index is 12.4. The third-order valence-corrected chi connectivity index (χ3v) is 5.21. The zero-order chi connectivity index (χ0) is 17.9. The number of sulfone groups is 1. The highest BCUT2D eigenvalue weighted by Crippen LogP contribution is 2.22. The van der Waals surface area contributed by atoms with E-state index in [4.69, 9.17) is 9.26 Å². The molecule has 0 aliphatic rings. The molecule has 1 heterocycles. The van der Waals surface area contributed by atoms with E-state index in [2.05, 4.69) is 10.1 Å². The van der Waals surface area contributed by atoms with Crippen LogP contribution in [0.2, 0.25) is 0 Å². The van der Waals surface area contributed by atoms with Gasteiger partial charge >= 0.3 is 0 Å². The van der Waals surface area contributed by atoms with Crippen molar-refractivity contribution in [3.63, 3.8) is 0 Å². The summed E-state index contributed by atoms with van der Waals surface area (Å²) in [6.07, 6.45) is 0. The molecule has 0 saturated heterocycles. The quantitative estimate of drug-likeness (QED) is 0.673. The number of nitrogens with zero attached hydrogens (tertiary/aromatic N) is 2. The first-order valence-electron chi connectivity index (χ1n) is 7.69. The van der Waals surface area contributed by atoms with Gasteiger partial charge < -0.3 is 9.26 Å². The van der Waals surface area contributed by atoms with Crippen molar-refractivity contribution in [1.82, 2.24) is 10.1 Å². The summed E-state index contributed by atoms with van der Waals surface area (Å²) in [5.41, 5.74) is 2.41. The number of hydrogen-bond acceptors (Lipinski definition) is 6. The first-order chi connectivity index (χ1) is 12.0. The molecule has 0 bridgehead atoms. The lowest BCUT2D eigenvalue weighted by atomic mass is 10.1. The van der Waals surface area contributed by atoms with Crippen LogP contribution in [0.3, 0.4) is 0 Å². The van der Waals surface area contributed by atoms with Crippen LogP contribution < -0.4 is 4.74 Å². The normalized spacial score (nSPS) is 11.4. The molecule has 0 unspecified atom stereocenters. The van der Waals surface area contributed by atoms with Crippen molar-refractivity contribution in [3.05, 3.63) is 65.5 Å². The zero-order valence-electron chi connectivity index (χ0n) is 14.0. The van der Waals surface area contributed by atoms with Crippen molar-refractivity contribution >= 4 is 9.84 Å². The van der Waals surface area contributed by atoms with Gasteiger partial charge in [-0.2, -0.15) is 4.98 Å². The molecule has 7 heteroatoms. The van der Waals surface area contributed by atoms with Gasteiger partial charge in [-0.25, -0.2) is 8.42 Å². The number of rotatable bonds is 6. The maximum absolute atomic E-state index is 12.4. The molecule has 0 N–H and O–H groups in total. The van der Waals surface area contributed by atoms with E-state index < -0.39 is 9.84 Å². The van der Waals surface area contributed by atoms with Crippen molar-refractivity contribution in [3.8, 4) is 17.1 Å². The molecule has 0 atom stereocenters. The Kier molecular flexibility index (Phi) is 4.85. The minimum atomic E-state index is -3.41. The van der Waals surface area contributed by atoms with Crippen LogP contribution in [-0.4, -0.2) is 25.7 Å². The molecule has 25 heavy (non-hydrogen) atoms. The molecule has 0 spiro atoms. The molecular formula is C18H18N2O4S. The lowest BCUT2D eigenvalue weighted by molar-refractivity contribution is 0.389. The van der Waals surface area contributed by atoms with Crippen LogP contribution in [-0.2, 0) is 21.3 Å². The van der Waals surface area contributed by atoms with E-state index in [1.54, 1.807) is 31.4 Å². The Morgan fingerprint density at radius 2 is 1.88 bits per heavy atom. The Bertz CT molecular complexity index is 980. The molecule has 0 amide bonds. The molecule has 0 aliphatic carbocycles. The van der Waals surface area contributed by atoms with E-state index >= 15 is 0 Å². The maximum Gasteiger partial charge on any atom is 0.242 e. The van der Waals surface area contributed by atoms with Crippen LogP contribution in [0, 0.1) is 6.92 Å². The molecule has 3 rings (SSSR count). The van der Waals surface area contributed by atoms with Gasteiger partial charge in [0.2, 0.25) is 11.7 Å². The van der Waals surface area contributed by atoms with Crippen molar-refractivity contribution in [2.75, 3.05) is 7.11 Å². The molecule has 2 aromatic carbocycles. The summed E-state index contributed by atoms with van der Waals surface area (Å²) in [6, 6.07) is 14.6. The second-order valence-corrected chi connectivity index (χ2v) is 7.77. The molecule has 1 aromatic heterocycles. The fourth-order valence-corrected chi connectivity index (χ4v) is 3.83. The Labute approximate surface area is 146 Å². The van der Waals surface area contributed by atoms with Gasteiger partial charge in [0.25, 0.3) is 0 Å². The lowest BCUT2D eigenvalue weighted by Crippen LogP contribution is -2.08. The molecule has 0 radical (unpaired) electrons. The second kappa shape index (κ2) is 7.06. The average Bonchev–Trinajstić information content (AvgIpc) is 3.04. The van der Waals surface area contributed by atoms with E-state index in [1.165, 1.54) is 0 Å². The fraction of sp³-hybridized carbons (Fsp3) is 0.222. The Morgan fingerprint density at radius 1 is 1.08 bits per heavy atom. The summed E-state index contributed by atoms with van der Waals surface area (Å²) in [5.74, 6) is 0.719. The van der Waals surface area contributed by atoms with Gasteiger partial charge in [-0.15, -0.1) is 0 Å². The van der Waals surface area contributed by atoms with Gasteiger partial charge in [0.1, 0.15) is 11.5 Å². The van der Waals surface area contributed by atoms with Crippen LogP contribution in [0.1, 0.15) is 17.0 Å². The molecule has 0 aliphatic heterocycles. The standard InChI is InChI=1S/C18H18N2O4S/c1-13-6-3-4-7-15(13)11-25(21,22)12-17-19-18(20-24-17)14-8-5-9-16(10-14)23-2/h3-10H,11-12H2,1-2H3. The fourth-order valence-electron chi connectivity index (χ4n) is 2.44. The smallest absolute Gasteiger partial charge is 0.242 e. The second-order valence-electron chi connectivity index (χ2n) is 5.70. The van der Waals surface area contributed by atoms with Crippen LogP contribution >= 0.6 is 0 Å². The number of methoxy groups -OCH3 is 1. The minimum absolute atomic E-state index is 0.0590. The Morgan fingerprint density at radius 3 is 2.64 bits per heavy atom. The lowest BCUT2D eigenvalue weighted by Gasteiger charge is -2.05. The van der Waals surface area contributed by atoms with Gasteiger partial charge in [0.05, 0.1) is 12.9 Å². The van der Waals surface area contributed by atoms with Crippen LogP contribution in [0.4, 0.5) is 0 Å². The first-order valence-corrected chi connectivity index (χ1v) is 9.51. The highest BCUT2D eigenvalue weighted by atomic mass is 32.2. The van der Waals surface area contributed by atoms with Crippen LogP contribution in [0.15, 0.2) is 53.1 Å². The van der Waals surface area contributed by atoms with Crippen molar-refractivity contribution < 1.29 is 17.7 Å². The number of hydrogen-bond donors (Lipinski definition) is 0. The number of aromatic nitrogens is 2. The predicted octanol–water partition coefficient (Wildman–Crippen LogP) is 3.17. The van der Waals surface area contributed by atoms with Crippen LogP contribution in [0.25, 0.3) is 11.4 Å². The number of ether oxygens (including phenoxy) is 1. The van der Waals surface area contributed by atoms with E-state index in [9.17, 15) is 8.42 Å². The molecular weight excluding hydrogens is 340 g/mol. The molecule has 6 nitrogen and oxygen atoms in total. The first kappa shape index (κ1) is 17.2. The molecule has 130 valence electrons. The van der Waals surface area contributed by atoms with E-state index in [-0.39, 0.29) is 17.4 Å². The van der Waals surface area contributed by atoms with Gasteiger partial charge in [-0.05, 0) is 30.2 Å². The predicted molar refractivity (Wildman–Crippen MR) is 93.8 cm³/mol. The molecule has 0 saturated carbocycles. The SMILES string of the molecule is COc1cccc(-c2noc(CS(=O)(=O)Cc3ccccc3C)n2)c1. The average molecular weight is 358 g/mol. The number of benzene rings is 2. The number of aryl methyl sites for hydroxylation is 1. The topological polar surface area (TPSA) is 82.3 Å². The Balaban J connectivity index is 1.77. The summed E-state index contributed by atoms with van der Waals surface area (Å²) in [6.45, 7) is 1.89. The largest absolute Gasteiger partial charge is 0.497 e. The van der Waals surface area contributed by atoms with Crippen molar-refractivity contribution in [2.24, 2.45) is 0 Å². The summed E-state index contributed by atoms with van der Waals surface area (Å²) in [7, 11) is -1.84. The summed E-state index contributed by atoms with van der Waals surface area (Å²) in [5, 5.41) is 3.86. The van der Waals surface area contributed by atoms with Gasteiger partial charge in [-0.3, -0.25) is 0 Å². The van der Waals surface area contributed by atoms with Gasteiger partial charge in [0, 0.05) is 5.56 Å². The Hall–Kier alpha value is -2.67. The molecule has 0 fully saturated rings. The third-order valence-electron chi connectivity index (χ3n) is 3.78. The minimum Gasteiger partial charge on any atom is -0.497 e.